The molecule has 0 spiro atoms. The van der Waals surface area contributed by atoms with Crippen LogP contribution in [0.25, 0.3) is 11.4 Å². The Balaban J connectivity index is 1.02. The Labute approximate surface area is 271 Å². The highest BCUT2D eigenvalue weighted by Gasteiger charge is 2.42. The Kier molecular flexibility index (Phi) is 8.57. The van der Waals surface area contributed by atoms with Gasteiger partial charge in [-0.15, -0.1) is 11.3 Å². The summed E-state index contributed by atoms with van der Waals surface area (Å²) in [5.74, 6) is -2.66. The van der Waals surface area contributed by atoms with Crippen molar-refractivity contribution in [2.45, 2.75) is 114 Å². The van der Waals surface area contributed by atoms with Crippen molar-refractivity contribution in [2.24, 2.45) is 0 Å². The number of nitrogens with one attached hydrogen (secondary N) is 1. The van der Waals surface area contributed by atoms with Crippen LogP contribution in [0.2, 0.25) is 0 Å². The number of nitrogens with two attached hydrogens (primary N) is 1. The molecule has 1 saturated carbocycles. The number of hydrogen-bond donors (Lipinski definition) is 2. The fraction of sp³-hybridized carbons (Fsp3) is 0.656. The molecule has 0 aromatic carbocycles. The summed E-state index contributed by atoms with van der Waals surface area (Å²) in [6.07, 6.45) is 7.85. The molecule has 3 N–H and O–H groups in total. The lowest BCUT2D eigenvalue weighted by atomic mass is 9.73. The van der Waals surface area contributed by atoms with Gasteiger partial charge in [0.1, 0.15) is 0 Å². The maximum atomic E-state index is 13.9. The third-order valence-electron chi connectivity index (χ3n) is 9.89. The maximum absolute atomic E-state index is 13.9. The van der Waals surface area contributed by atoms with Gasteiger partial charge in [0.05, 0.1) is 29.8 Å². The Bertz CT molecular complexity index is 1570. The molecule has 14 heteroatoms. The van der Waals surface area contributed by atoms with Crippen LogP contribution in [0.3, 0.4) is 0 Å². The van der Waals surface area contributed by atoms with Crippen LogP contribution in [-0.4, -0.2) is 73.3 Å². The second kappa shape index (κ2) is 12.5. The summed E-state index contributed by atoms with van der Waals surface area (Å²) in [5, 5.41) is 10.2. The number of hydrogen-bond acceptors (Lipinski definition) is 10. The van der Waals surface area contributed by atoms with E-state index >= 15 is 0 Å². The van der Waals surface area contributed by atoms with Gasteiger partial charge in [-0.05, 0) is 62.3 Å². The molecule has 2 aliphatic heterocycles. The standard InChI is InChI=1S/C32H42F2N8O3S/c1-31(2)15-19-16-36-29(35)38-25(19)27-24(31)26(40-42(27)23-5-3-4-14-44-23)28(43)39-30-37-20(18-46-30)17-45-22-8-12-41(13-9-22)21-6-10-32(33,34)11-7-21/h16,18,21-23H,3-15,17H2,1-2H3,(H2,35,36,38)(H,37,39,43). The topological polar surface area (TPSA) is 133 Å². The lowest BCUT2D eigenvalue weighted by Crippen LogP contribution is -2.46. The zero-order chi connectivity index (χ0) is 32.1. The van der Waals surface area contributed by atoms with Crippen LogP contribution in [-0.2, 0) is 27.9 Å². The maximum Gasteiger partial charge on any atom is 0.278 e. The van der Waals surface area contributed by atoms with Gasteiger partial charge in [-0.3, -0.25) is 10.1 Å². The number of alkyl halides is 2. The molecule has 2 saturated heterocycles. The van der Waals surface area contributed by atoms with Gasteiger partial charge in [0.15, 0.2) is 17.1 Å². The molecule has 1 amide bonds. The minimum Gasteiger partial charge on any atom is -0.372 e. The lowest BCUT2D eigenvalue weighted by Gasteiger charge is -2.40. The predicted octanol–water partition coefficient (Wildman–Crippen LogP) is 5.72. The summed E-state index contributed by atoms with van der Waals surface area (Å²) in [4.78, 5) is 29.7. The Hall–Kier alpha value is -3.07. The van der Waals surface area contributed by atoms with E-state index in [0.29, 0.717) is 49.0 Å². The Morgan fingerprint density at radius 2 is 1.93 bits per heavy atom. The van der Waals surface area contributed by atoms with Gasteiger partial charge in [-0.1, -0.05) is 13.8 Å². The molecule has 248 valence electrons. The van der Waals surface area contributed by atoms with Gasteiger partial charge in [-0.2, -0.15) is 5.10 Å². The van der Waals surface area contributed by atoms with E-state index in [-0.39, 0.29) is 43.1 Å². The molecule has 46 heavy (non-hydrogen) atoms. The third-order valence-corrected chi connectivity index (χ3v) is 10.7. The zero-order valence-electron chi connectivity index (χ0n) is 26.4. The first kappa shape index (κ1) is 31.5. The van der Waals surface area contributed by atoms with E-state index in [1.165, 1.54) is 11.3 Å². The monoisotopic (exact) mass is 656 g/mol. The number of aromatic nitrogens is 5. The minimum atomic E-state index is -2.50. The molecule has 1 unspecified atom stereocenters. The molecular weight excluding hydrogens is 614 g/mol. The average Bonchev–Trinajstić information content (AvgIpc) is 3.67. The van der Waals surface area contributed by atoms with Crippen molar-refractivity contribution in [3.05, 3.63) is 34.1 Å². The molecule has 3 aromatic heterocycles. The van der Waals surface area contributed by atoms with E-state index in [1.807, 2.05) is 10.1 Å². The normalized spacial score (nSPS) is 23.5. The van der Waals surface area contributed by atoms with E-state index < -0.39 is 11.3 Å². The van der Waals surface area contributed by atoms with Crippen molar-refractivity contribution in [3.8, 4) is 11.4 Å². The number of thiazole rings is 1. The molecule has 1 atom stereocenters. The van der Waals surface area contributed by atoms with Crippen LogP contribution in [0.5, 0.6) is 0 Å². The summed E-state index contributed by atoms with van der Waals surface area (Å²) in [6, 6.07) is 0.254. The van der Waals surface area contributed by atoms with E-state index in [1.54, 1.807) is 6.20 Å². The van der Waals surface area contributed by atoms with Crippen LogP contribution in [0.1, 0.15) is 105 Å². The SMILES string of the molecule is CC1(C)Cc2cnc(N)nc2-c2c1c(C(=O)Nc1nc(COC3CCN(C4CCC(F)(F)CC4)CC3)cs1)nn2C1CCCCO1. The van der Waals surface area contributed by atoms with Crippen LogP contribution < -0.4 is 11.1 Å². The largest absolute Gasteiger partial charge is 0.372 e. The number of piperidine rings is 1. The first-order valence-electron chi connectivity index (χ1n) is 16.4. The zero-order valence-corrected chi connectivity index (χ0v) is 27.3. The molecule has 7 rings (SSSR count). The number of likely N-dealkylation sites (tertiary alicyclic amines) is 1. The second-order valence-corrected chi connectivity index (χ2v) is 14.6. The van der Waals surface area contributed by atoms with Crippen LogP contribution in [0.4, 0.5) is 19.9 Å². The molecule has 0 bridgehead atoms. The molecule has 4 aliphatic rings. The fourth-order valence-electron chi connectivity index (χ4n) is 7.49. The number of carbonyl (C=O) groups excluding carboxylic acids is 1. The highest BCUT2D eigenvalue weighted by atomic mass is 32.1. The molecule has 3 aromatic rings. The number of amides is 1. The van der Waals surface area contributed by atoms with Crippen molar-refractivity contribution in [1.29, 1.82) is 0 Å². The number of ether oxygens (including phenoxy) is 2. The van der Waals surface area contributed by atoms with Crippen molar-refractivity contribution in [3.63, 3.8) is 0 Å². The molecule has 11 nitrogen and oxygen atoms in total. The minimum absolute atomic E-state index is 0.00808. The number of halogens is 2. The van der Waals surface area contributed by atoms with Crippen molar-refractivity contribution >= 4 is 28.3 Å². The van der Waals surface area contributed by atoms with Gasteiger partial charge in [-0.25, -0.2) is 28.4 Å². The number of anilines is 2. The van der Waals surface area contributed by atoms with Crippen LogP contribution in [0.15, 0.2) is 11.6 Å². The quantitative estimate of drug-likeness (QED) is 0.328. The highest BCUT2D eigenvalue weighted by Crippen LogP contribution is 2.46. The smallest absolute Gasteiger partial charge is 0.278 e. The van der Waals surface area contributed by atoms with Gasteiger partial charge in [0.2, 0.25) is 11.9 Å². The van der Waals surface area contributed by atoms with Crippen molar-refractivity contribution in [2.75, 3.05) is 30.7 Å². The second-order valence-electron chi connectivity index (χ2n) is 13.7. The summed E-state index contributed by atoms with van der Waals surface area (Å²) in [5.41, 5.74) is 9.93. The van der Waals surface area contributed by atoms with Gasteiger partial charge < -0.3 is 20.1 Å². The summed E-state index contributed by atoms with van der Waals surface area (Å²) in [7, 11) is 0. The molecule has 0 radical (unpaired) electrons. The highest BCUT2D eigenvalue weighted by molar-refractivity contribution is 7.14. The van der Waals surface area contributed by atoms with E-state index in [2.05, 4.69) is 39.0 Å². The van der Waals surface area contributed by atoms with E-state index in [9.17, 15) is 13.6 Å². The number of nitrogens with zero attached hydrogens (tertiary/aromatic N) is 6. The van der Waals surface area contributed by atoms with E-state index in [0.717, 1.165) is 67.7 Å². The van der Waals surface area contributed by atoms with Crippen molar-refractivity contribution in [1.82, 2.24) is 29.6 Å². The van der Waals surface area contributed by atoms with Gasteiger partial charge in [0.25, 0.3) is 5.91 Å². The summed E-state index contributed by atoms with van der Waals surface area (Å²) >= 11 is 1.35. The first-order chi connectivity index (χ1) is 22.1. The average molecular weight is 657 g/mol. The number of rotatable bonds is 7. The molecular formula is C32H42F2N8O3S. The number of carbonyl (C=O) groups is 1. The molecule has 5 heterocycles. The predicted molar refractivity (Wildman–Crippen MR) is 170 cm³/mol. The van der Waals surface area contributed by atoms with Crippen molar-refractivity contribution < 1.29 is 23.0 Å². The fourth-order valence-corrected chi connectivity index (χ4v) is 8.18. The lowest BCUT2D eigenvalue weighted by molar-refractivity contribution is -0.0649. The third kappa shape index (κ3) is 6.41. The molecule has 2 aliphatic carbocycles. The van der Waals surface area contributed by atoms with Crippen LogP contribution in [0, 0.1) is 0 Å². The van der Waals surface area contributed by atoms with Gasteiger partial charge in [0, 0.05) is 55.7 Å². The molecule has 3 fully saturated rings. The van der Waals surface area contributed by atoms with E-state index in [4.69, 9.17) is 20.3 Å². The van der Waals surface area contributed by atoms with Crippen LogP contribution >= 0.6 is 11.3 Å². The number of nitrogen functional groups attached to an aromatic ring is 1. The summed E-state index contributed by atoms with van der Waals surface area (Å²) < 4.78 is 41.3. The van der Waals surface area contributed by atoms with Gasteiger partial charge >= 0.3 is 0 Å². The number of fused-ring (bicyclic) bond motifs is 3. The Morgan fingerprint density at radius 1 is 1.15 bits per heavy atom. The Morgan fingerprint density at radius 3 is 2.67 bits per heavy atom. The first-order valence-corrected chi connectivity index (χ1v) is 17.3. The summed E-state index contributed by atoms with van der Waals surface area (Å²) in [6.45, 7) is 6.91.